The molecule has 0 unspecified atom stereocenters. The highest BCUT2D eigenvalue weighted by Gasteiger charge is 2.13. The second kappa shape index (κ2) is 8.74. The number of carbonyl (C=O) groups is 1. The Labute approximate surface area is 168 Å². The zero-order valence-corrected chi connectivity index (χ0v) is 16.7. The lowest BCUT2D eigenvalue weighted by atomic mass is 10.2. The van der Waals surface area contributed by atoms with E-state index in [1.165, 1.54) is 31.5 Å². The molecule has 0 radical (unpaired) electrons. The smallest absolute Gasteiger partial charge is 0.338 e. The van der Waals surface area contributed by atoms with Crippen molar-refractivity contribution in [3.05, 3.63) is 78.0 Å². The lowest BCUT2D eigenvalue weighted by Gasteiger charge is -2.12. The highest BCUT2D eigenvalue weighted by molar-refractivity contribution is 7.90. The molecule has 3 rings (SSSR count). The van der Waals surface area contributed by atoms with Crippen LogP contribution in [-0.2, 0) is 21.2 Å². The van der Waals surface area contributed by atoms with E-state index in [0.717, 1.165) is 11.8 Å². The SMILES string of the molecule is COC(=O)c1cc(OCc2ccccc2)cc(Oc2ccc(S(C)(=O)=O)nc2)c1. The van der Waals surface area contributed by atoms with Crippen molar-refractivity contribution < 1.29 is 27.4 Å². The molecule has 7 nitrogen and oxygen atoms in total. The molecule has 0 aliphatic carbocycles. The van der Waals surface area contributed by atoms with Gasteiger partial charge in [-0.25, -0.2) is 18.2 Å². The molecule has 0 atom stereocenters. The van der Waals surface area contributed by atoms with E-state index in [-0.39, 0.29) is 10.6 Å². The number of rotatable bonds is 7. The Hall–Kier alpha value is -3.39. The van der Waals surface area contributed by atoms with Crippen molar-refractivity contribution in [1.82, 2.24) is 4.98 Å². The van der Waals surface area contributed by atoms with Crippen molar-refractivity contribution in [3.8, 4) is 17.2 Å². The molecule has 0 spiro atoms. The Morgan fingerprint density at radius 3 is 2.31 bits per heavy atom. The van der Waals surface area contributed by atoms with Crippen LogP contribution in [0, 0.1) is 0 Å². The summed E-state index contributed by atoms with van der Waals surface area (Å²) in [6.45, 7) is 0.315. The number of ether oxygens (including phenoxy) is 3. The zero-order valence-electron chi connectivity index (χ0n) is 15.9. The average molecular weight is 413 g/mol. The Morgan fingerprint density at radius 2 is 1.69 bits per heavy atom. The third-order valence-electron chi connectivity index (χ3n) is 3.87. The molecule has 0 amide bonds. The molecule has 29 heavy (non-hydrogen) atoms. The normalized spacial score (nSPS) is 11.0. The monoisotopic (exact) mass is 413 g/mol. The minimum Gasteiger partial charge on any atom is -0.489 e. The predicted molar refractivity (Wildman–Crippen MR) is 106 cm³/mol. The first-order valence-electron chi connectivity index (χ1n) is 8.59. The third-order valence-corrected chi connectivity index (χ3v) is 4.88. The Bertz CT molecular complexity index is 1100. The first-order valence-corrected chi connectivity index (χ1v) is 10.5. The summed E-state index contributed by atoms with van der Waals surface area (Å²) < 4.78 is 39.3. The lowest BCUT2D eigenvalue weighted by molar-refractivity contribution is 0.0599. The fourth-order valence-corrected chi connectivity index (χ4v) is 3.03. The van der Waals surface area contributed by atoms with E-state index in [0.29, 0.717) is 23.9 Å². The van der Waals surface area contributed by atoms with Crippen molar-refractivity contribution >= 4 is 15.8 Å². The number of hydrogen-bond acceptors (Lipinski definition) is 7. The van der Waals surface area contributed by atoms with E-state index in [9.17, 15) is 13.2 Å². The molecule has 150 valence electrons. The van der Waals surface area contributed by atoms with E-state index in [2.05, 4.69) is 4.98 Å². The van der Waals surface area contributed by atoms with Gasteiger partial charge in [-0.05, 0) is 29.8 Å². The molecule has 2 aromatic carbocycles. The predicted octanol–water partition coefficient (Wildman–Crippen LogP) is 3.64. The minimum absolute atomic E-state index is 0.0555. The molecule has 0 aliphatic rings. The maximum absolute atomic E-state index is 12.0. The fourth-order valence-electron chi connectivity index (χ4n) is 2.47. The minimum atomic E-state index is -3.40. The number of hydrogen-bond donors (Lipinski definition) is 0. The molecular formula is C21H19NO6S. The van der Waals surface area contributed by atoms with Gasteiger partial charge in [0.2, 0.25) is 0 Å². The quantitative estimate of drug-likeness (QED) is 0.546. The Balaban J connectivity index is 1.84. The second-order valence-corrected chi connectivity index (χ2v) is 8.13. The number of benzene rings is 2. The lowest BCUT2D eigenvalue weighted by Crippen LogP contribution is -2.03. The number of aromatic nitrogens is 1. The summed E-state index contributed by atoms with van der Waals surface area (Å²) in [6, 6.07) is 17.1. The zero-order chi connectivity index (χ0) is 20.9. The van der Waals surface area contributed by atoms with Gasteiger partial charge >= 0.3 is 5.97 Å². The van der Waals surface area contributed by atoms with Crippen LogP contribution in [0.2, 0.25) is 0 Å². The number of pyridine rings is 1. The van der Waals surface area contributed by atoms with Gasteiger partial charge in [0.1, 0.15) is 23.9 Å². The molecule has 0 saturated carbocycles. The van der Waals surface area contributed by atoms with Crippen LogP contribution in [0.15, 0.2) is 71.9 Å². The number of sulfone groups is 1. The van der Waals surface area contributed by atoms with Crippen molar-refractivity contribution in [2.45, 2.75) is 11.6 Å². The summed E-state index contributed by atoms with van der Waals surface area (Å²) in [5.74, 6) is 0.524. The summed E-state index contributed by atoms with van der Waals surface area (Å²) in [6.07, 6.45) is 2.37. The highest BCUT2D eigenvalue weighted by Crippen LogP contribution is 2.28. The summed E-state index contributed by atoms with van der Waals surface area (Å²) in [7, 11) is -2.12. The van der Waals surface area contributed by atoms with Crippen LogP contribution in [0.1, 0.15) is 15.9 Å². The molecule has 1 aromatic heterocycles. The van der Waals surface area contributed by atoms with Crippen molar-refractivity contribution in [3.63, 3.8) is 0 Å². The molecule has 0 N–H and O–H groups in total. The standard InChI is InChI=1S/C21H19NO6S/c1-26-21(23)16-10-18(27-14-15-6-4-3-5-7-15)12-19(11-16)28-17-8-9-20(22-13-17)29(2,24)25/h3-13H,14H2,1-2H3. The molecule has 8 heteroatoms. The van der Waals surface area contributed by atoms with Crippen molar-refractivity contribution in [1.29, 1.82) is 0 Å². The molecule has 0 fully saturated rings. The van der Waals surface area contributed by atoms with Crippen LogP contribution in [0.5, 0.6) is 17.2 Å². The van der Waals surface area contributed by atoms with Gasteiger partial charge in [0.25, 0.3) is 0 Å². The summed E-state index contributed by atoms with van der Waals surface area (Å²) >= 11 is 0. The van der Waals surface area contributed by atoms with Gasteiger partial charge in [-0.15, -0.1) is 0 Å². The summed E-state index contributed by atoms with van der Waals surface area (Å²) in [5.41, 5.74) is 1.23. The Morgan fingerprint density at radius 1 is 0.966 bits per heavy atom. The van der Waals surface area contributed by atoms with Gasteiger partial charge < -0.3 is 14.2 Å². The first-order chi connectivity index (χ1) is 13.8. The average Bonchev–Trinajstić information content (AvgIpc) is 2.72. The van der Waals surface area contributed by atoms with Gasteiger partial charge in [-0.1, -0.05) is 30.3 Å². The van der Waals surface area contributed by atoms with Crippen LogP contribution in [-0.4, -0.2) is 32.7 Å². The maximum atomic E-state index is 12.0. The van der Waals surface area contributed by atoms with Crippen molar-refractivity contribution in [2.24, 2.45) is 0 Å². The number of nitrogens with zero attached hydrogens (tertiary/aromatic N) is 1. The van der Waals surface area contributed by atoms with Crippen LogP contribution in [0.25, 0.3) is 0 Å². The molecule has 3 aromatic rings. The van der Waals surface area contributed by atoms with Crippen molar-refractivity contribution in [2.75, 3.05) is 13.4 Å². The fraction of sp³-hybridized carbons (Fsp3) is 0.143. The van der Waals surface area contributed by atoms with Gasteiger partial charge in [0.05, 0.1) is 18.9 Å². The summed E-state index contributed by atoms with van der Waals surface area (Å²) in [4.78, 5) is 15.9. The largest absolute Gasteiger partial charge is 0.489 e. The van der Waals surface area contributed by atoms with Gasteiger partial charge in [-0.2, -0.15) is 0 Å². The molecular weight excluding hydrogens is 394 g/mol. The molecule has 0 bridgehead atoms. The second-order valence-electron chi connectivity index (χ2n) is 6.17. The number of carbonyl (C=O) groups excluding carboxylic acids is 1. The van der Waals surface area contributed by atoms with E-state index < -0.39 is 15.8 Å². The van der Waals surface area contributed by atoms with Gasteiger partial charge in [-0.3, -0.25) is 0 Å². The Kier molecular flexibility index (Phi) is 6.13. The van der Waals surface area contributed by atoms with Crippen LogP contribution < -0.4 is 9.47 Å². The molecule has 0 saturated heterocycles. The van der Waals surface area contributed by atoms with E-state index >= 15 is 0 Å². The maximum Gasteiger partial charge on any atom is 0.338 e. The summed E-state index contributed by atoms with van der Waals surface area (Å²) in [5, 5.41) is -0.0555. The highest BCUT2D eigenvalue weighted by atomic mass is 32.2. The third kappa shape index (κ3) is 5.55. The van der Waals surface area contributed by atoms with E-state index in [1.54, 1.807) is 12.1 Å². The molecule has 0 aliphatic heterocycles. The van der Waals surface area contributed by atoms with E-state index in [1.807, 2.05) is 30.3 Å². The number of methoxy groups -OCH3 is 1. The van der Waals surface area contributed by atoms with Gasteiger partial charge in [0.15, 0.2) is 14.9 Å². The van der Waals surface area contributed by atoms with Crippen LogP contribution >= 0.6 is 0 Å². The van der Waals surface area contributed by atoms with Gasteiger partial charge in [0, 0.05) is 12.3 Å². The number of esters is 1. The van der Waals surface area contributed by atoms with Crippen LogP contribution in [0.3, 0.4) is 0 Å². The van der Waals surface area contributed by atoms with E-state index in [4.69, 9.17) is 14.2 Å². The molecule has 1 heterocycles. The topological polar surface area (TPSA) is 91.8 Å². The van der Waals surface area contributed by atoms with Crippen LogP contribution in [0.4, 0.5) is 0 Å². The first kappa shape index (κ1) is 20.3.